The van der Waals surface area contributed by atoms with Gasteiger partial charge in [-0.3, -0.25) is 4.79 Å². The first-order chi connectivity index (χ1) is 6.14. The molecule has 1 aliphatic rings. The topological polar surface area (TPSA) is 40.6 Å². The Morgan fingerprint density at radius 2 is 1.79 bits per heavy atom. The Morgan fingerprint density at radius 1 is 1.36 bits per heavy atom. The molecule has 3 amide bonds. The first kappa shape index (κ1) is 11.8. The lowest BCUT2D eigenvalue weighted by Gasteiger charge is -2.38. The van der Waals surface area contributed by atoms with Crippen molar-refractivity contribution in [3.63, 3.8) is 0 Å². The summed E-state index contributed by atoms with van der Waals surface area (Å²) >= 11 is 8.72. The van der Waals surface area contributed by atoms with Crippen LogP contribution in [0.5, 0.6) is 0 Å². The van der Waals surface area contributed by atoms with Crippen molar-refractivity contribution >= 4 is 39.9 Å². The first-order valence-corrected chi connectivity index (χ1v) is 5.19. The summed E-state index contributed by atoms with van der Waals surface area (Å²) in [5.41, 5.74) is -1.45. The molecule has 4 nitrogen and oxygen atoms in total. The maximum Gasteiger partial charge on any atom is 0.352 e. The molecule has 0 bridgehead atoms. The molecule has 1 saturated heterocycles. The fourth-order valence-electron chi connectivity index (χ4n) is 1.25. The van der Waals surface area contributed by atoms with Crippen molar-refractivity contribution in [1.29, 1.82) is 0 Å². The molecule has 1 atom stereocenters. The number of carbonyl (C=O) groups is 2. The second-order valence-electron chi connectivity index (χ2n) is 4.47. The fourth-order valence-corrected chi connectivity index (χ4v) is 2.24. The van der Waals surface area contributed by atoms with Crippen LogP contribution in [0.3, 0.4) is 0 Å². The van der Waals surface area contributed by atoms with Crippen molar-refractivity contribution in [2.24, 2.45) is 5.41 Å². The van der Waals surface area contributed by atoms with Crippen LogP contribution in [-0.2, 0) is 4.79 Å². The average Bonchev–Trinajstić information content (AvgIpc) is 2.21. The SMILES string of the molecule is CC(C)(C)[C@@]1(C)C(=O)N(Br)C(=O)N1Cl. The Hall–Kier alpha value is -0.290. The summed E-state index contributed by atoms with van der Waals surface area (Å²) in [5.74, 6) is -0.343. The van der Waals surface area contributed by atoms with Gasteiger partial charge in [0.05, 0.1) is 16.1 Å². The van der Waals surface area contributed by atoms with Gasteiger partial charge in [-0.25, -0.2) is 9.21 Å². The van der Waals surface area contributed by atoms with Gasteiger partial charge in [0.1, 0.15) is 5.54 Å². The maximum atomic E-state index is 11.8. The number of nitrogens with zero attached hydrogens (tertiary/aromatic N) is 2. The third-order valence-electron chi connectivity index (χ3n) is 2.78. The van der Waals surface area contributed by atoms with Gasteiger partial charge in [0.2, 0.25) is 0 Å². The van der Waals surface area contributed by atoms with E-state index in [1.54, 1.807) is 6.92 Å². The quantitative estimate of drug-likeness (QED) is 0.506. The van der Waals surface area contributed by atoms with Crippen LogP contribution in [-0.4, -0.2) is 25.8 Å². The van der Waals surface area contributed by atoms with E-state index < -0.39 is 17.0 Å². The van der Waals surface area contributed by atoms with E-state index in [1.807, 2.05) is 20.8 Å². The number of amides is 3. The molecule has 80 valence electrons. The van der Waals surface area contributed by atoms with E-state index in [0.717, 1.165) is 8.34 Å². The smallest absolute Gasteiger partial charge is 0.271 e. The molecule has 0 spiro atoms. The van der Waals surface area contributed by atoms with Gasteiger partial charge in [-0.05, 0) is 12.3 Å². The van der Waals surface area contributed by atoms with Crippen LogP contribution in [0.4, 0.5) is 4.79 Å². The van der Waals surface area contributed by atoms with Crippen LogP contribution in [0.25, 0.3) is 0 Å². The molecule has 1 rings (SSSR count). The number of carbonyl (C=O) groups excluding carboxylic acids is 2. The van der Waals surface area contributed by atoms with E-state index in [0.29, 0.717) is 0 Å². The van der Waals surface area contributed by atoms with Crippen LogP contribution in [0.2, 0.25) is 0 Å². The largest absolute Gasteiger partial charge is 0.352 e. The molecule has 0 aliphatic carbocycles. The molecule has 0 unspecified atom stereocenters. The van der Waals surface area contributed by atoms with Crippen LogP contribution in [0, 0.1) is 5.41 Å². The van der Waals surface area contributed by atoms with Gasteiger partial charge < -0.3 is 0 Å². The Kier molecular flexibility index (Phi) is 2.61. The standard InChI is InChI=1S/C8H12BrClN2O2/c1-7(2,3)8(4)5(13)11(9)6(14)12(8)10/h1-4H3/t8-/m1/s1. The molecule has 1 aliphatic heterocycles. The molecule has 0 N–H and O–H groups in total. The van der Waals surface area contributed by atoms with E-state index in [4.69, 9.17) is 11.8 Å². The maximum absolute atomic E-state index is 11.8. The van der Waals surface area contributed by atoms with E-state index >= 15 is 0 Å². The van der Waals surface area contributed by atoms with Gasteiger partial charge in [-0.15, -0.1) is 0 Å². The highest BCUT2D eigenvalue weighted by atomic mass is 79.9. The second kappa shape index (κ2) is 3.10. The first-order valence-electron chi connectivity index (χ1n) is 4.14. The number of hydrogen-bond donors (Lipinski definition) is 0. The van der Waals surface area contributed by atoms with Crippen molar-refractivity contribution in [2.75, 3.05) is 0 Å². The molecular formula is C8H12BrClN2O2. The van der Waals surface area contributed by atoms with Crippen molar-refractivity contribution in [3.8, 4) is 0 Å². The summed E-state index contributed by atoms with van der Waals surface area (Å²) in [7, 11) is 0. The predicted octanol–water partition coefficient (Wildman–Crippen LogP) is 2.52. The van der Waals surface area contributed by atoms with E-state index in [2.05, 4.69) is 16.1 Å². The van der Waals surface area contributed by atoms with E-state index in [1.165, 1.54) is 0 Å². The van der Waals surface area contributed by atoms with Gasteiger partial charge in [0.15, 0.2) is 0 Å². The van der Waals surface area contributed by atoms with Crippen LogP contribution < -0.4 is 0 Å². The Morgan fingerprint density at radius 3 is 1.93 bits per heavy atom. The summed E-state index contributed by atoms with van der Waals surface area (Å²) in [6, 6.07) is -0.547. The summed E-state index contributed by atoms with van der Waals surface area (Å²) in [4.78, 5) is 23.3. The van der Waals surface area contributed by atoms with Crippen molar-refractivity contribution in [3.05, 3.63) is 0 Å². The minimum absolute atomic E-state index is 0.343. The minimum Gasteiger partial charge on any atom is -0.271 e. The van der Waals surface area contributed by atoms with Gasteiger partial charge in [0.25, 0.3) is 5.91 Å². The lowest BCUT2D eigenvalue weighted by molar-refractivity contribution is -0.132. The molecule has 6 heteroatoms. The molecule has 14 heavy (non-hydrogen) atoms. The highest BCUT2D eigenvalue weighted by Crippen LogP contribution is 2.43. The van der Waals surface area contributed by atoms with Crippen molar-refractivity contribution in [1.82, 2.24) is 8.34 Å². The zero-order chi connectivity index (χ0) is 11.3. The van der Waals surface area contributed by atoms with Crippen LogP contribution in [0.1, 0.15) is 27.7 Å². The molecular weight excluding hydrogens is 271 g/mol. The van der Waals surface area contributed by atoms with Gasteiger partial charge in [-0.2, -0.15) is 3.93 Å². The van der Waals surface area contributed by atoms with E-state index in [-0.39, 0.29) is 5.91 Å². The highest BCUT2D eigenvalue weighted by Gasteiger charge is 2.59. The third kappa shape index (κ3) is 1.26. The molecule has 0 radical (unpaired) electrons. The number of halogens is 2. The minimum atomic E-state index is -1.02. The molecule has 0 aromatic rings. The van der Waals surface area contributed by atoms with Gasteiger partial charge >= 0.3 is 6.03 Å². The zero-order valence-electron chi connectivity index (χ0n) is 8.47. The highest BCUT2D eigenvalue weighted by molar-refractivity contribution is 9.08. The average molecular weight is 284 g/mol. The van der Waals surface area contributed by atoms with Crippen molar-refractivity contribution < 1.29 is 9.59 Å². The monoisotopic (exact) mass is 282 g/mol. The van der Waals surface area contributed by atoms with Crippen LogP contribution in [0.15, 0.2) is 0 Å². The zero-order valence-corrected chi connectivity index (χ0v) is 10.8. The lowest BCUT2D eigenvalue weighted by Crippen LogP contribution is -2.52. The Labute approximate surface area is 96.6 Å². The van der Waals surface area contributed by atoms with Gasteiger partial charge in [0, 0.05) is 11.8 Å². The summed E-state index contributed by atoms with van der Waals surface area (Å²) in [6.07, 6.45) is 0. The number of rotatable bonds is 0. The summed E-state index contributed by atoms with van der Waals surface area (Å²) in [5, 5.41) is 0. The molecule has 0 aromatic heterocycles. The molecule has 1 heterocycles. The van der Waals surface area contributed by atoms with Gasteiger partial charge in [-0.1, -0.05) is 20.8 Å². The summed E-state index contributed by atoms with van der Waals surface area (Å²) < 4.78 is 1.81. The third-order valence-corrected chi connectivity index (χ3v) is 3.89. The lowest BCUT2D eigenvalue weighted by atomic mass is 9.75. The predicted molar refractivity (Wildman–Crippen MR) is 56.7 cm³/mol. The Balaban J connectivity index is 3.25. The summed E-state index contributed by atoms with van der Waals surface area (Å²) in [6.45, 7) is 7.24. The molecule has 1 fully saturated rings. The molecule has 0 aromatic carbocycles. The van der Waals surface area contributed by atoms with Crippen LogP contribution >= 0.6 is 27.9 Å². The Bertz CT molecular complexity index is 302. The number of imide groups is 1. The number of hydrogen-bond acceptors (Lipinski definition) is 2. The fraction of sp³-hybridized carbons (Fsp3) is 0.750. The van der Waals surface area contributed by atoms with E-state index in [9.17, 15) is 9.59 Å². The van der Waals surface area contributed by atoms with Crippen molar-refractivity contribution in [2.45, 2.75) is 33.2 Å². The normalized spacial score (nSPS) is 29.0. The molecule has 0 saturated carbocycles. The number of urea groups is 1. The second-order valence-corrected chi connectivity index (χ2v) is 5.52.